The molecular weight excluding hydrogens is 470 g/mol. The molecule has 1 aromatic heterocycles. The fraction of sp³-hybridized carbons (Fsp3) is 0.533. The molecule has 1 aromatic carbocycles. The highest BCUT2D eigenvalue weighted by Crippen LogP contribution is 2.42. The number of halogens is 1. The van der Waals surface area contributed by atoms with Crippen LogP contribution in [0.1, 0.15) is 90.3 Å². The molecular formula is C30H44ClN3S. The minimum atomic E-state index is 0.653. The number of thioether (sulfide) groups is 1. The second-order valence-electron chi connectivity index (χ2n) is 8.88. The van der Waals surface area contributed by atoms with Crippen molar-refractivity contribution in [3.8, 4) is 0 Å². The zero-order valence-electron chi connectivity index (χ0n) is 22.4. The maximum absolute atomic E-state index is 6.04. The Balaban J connectivity index is 0.000000416. The van der Waals surface area contributed by atoms with Crippen LogP contribution in [0.3, 0.4) is 0 Å². The first-order chi connectivity index (χ1) is 17.1. The van der Waals surface area contributed by atoms with Gasteiger partial charge in [0.1, 0.15) is 0 Å². The fourth-order valence-electron chi connectivity index (χ4n) is 4.21. The summed E-state index contributed by atoms with van der Waals surface area (Å²) in [5.74, 6) is 0.653. The zero-order valence-corrected chi connectivity index (χ0v) is 23.9. The van der Waals surface area contributed by atoms with Crippen LogP contribution in [-0.4, -0.2) is 23.8 Å². The number of benzene rings is 1. The molecule has 1 aliphatic carbocycles. The summed E-state index contributed by atoms with van der Waals surface area (Å²) in [4.78, 5) is 12.1. The molecule has 1 N–H and O–H groups in total. The van der Waals surface area contributed by atoms with Crippen LogP contribution in [0.5, 0.6) is 0 Å². The SMILES string of the molecule is CC.CCCNCCC.Cc1ccc(C2=C(Sc3ccc(Cl)cc3)CC(C3CCCCC3)=N2)cn1. The molecule has 2 aliphatic rings. The summed E-state index contributed by atoms with van der Waals surface area (Å²) in [5.41, 5.74) is 4.64. The van der Waals surface area contributed by atoms with Crippen molar-refractivity contribution >= 4 is 34.8 Å². The predicted octanol–water partition coefficient (Wildman–Crippen LogP) is 9.35. The Morgan fingerprint density at radius 1 is 0.943 bits per heavy atom. The van der Waals surface area contributed by atoms with Gasteiger partial charge in [-0.2, -0.15) is 0 Å². The molecule has 0 saturated heterocycles. The Morgan fingerprint density at radius 2 is 1.60 bits per heavy atom. The van der Waals surface area contributed by atoms with Crippen molar-refractivity contribution in [1.29, 1.82) is 0 Å². The van der Waals surface area contributed by atoms with Gasteiger partial charge in [-0.25, -0.2) is 0 Å². The van der Waals surface area contributed by atoms with Gasteiger partial charge in [0.15, 0.2) is 0 Å². The molecule has 1 fully saturated rings. The van der Waals surface area contributed by atoms with Crippen LogP contribution in [0, 0.1) is 12.8 Å². The number of aromatic nitrogens is 1. The van der Waals surface area contributed by atoms with Gasteiger partial charge in [-0.05, 0) is 88.0 Å². The van der Waals surface area contributed by atoms with Gasteiger partial charge in [-0.3, -0.25) is 9.98 Å². The number of aryl methyl sites for hydroxylation is 1. The highest BCUT2D eigenvalue weighted by Gasteiger charge is 2.27. The van der Waals surface area contributed by atoms with Crippen molar-refractivity contribution in [3.05, 3.63) is 63.8 Å². The standard InChI is InChI=1S/C22H23ClN2S.C6H15N.C2H6/c1-15-7-8-17(14-24-15)22-21(26-19-11-9-18(23)10-12-19)13-20(25-22)16-5-3-2-4-6-16;1-3-5-7-6-4-2;1-2/h7-12,14,16H,2-6,13H2,1H3;7H,3-6H2,1-2H3;1-2H3. The van der Waals surface area contributed by atoms with Crippen molar-refractivity contribution in [2.75, 3.05) is 13.1 Å². The highest BCUT2D eigenvalue weighted by molar-refractivity contribution is 8.03. The summed E-state index contributed by atoms with van der Waals surface area (Å²) >= 11 is 7.85. The minimum absolute atomic E-state index is 0.653. The Kier molecular flexibility index (Phi) is 14.3. The Labute approximate surface area is 223 Å². The lowest BCUT2D eigenvalue weighted by Crippen LogP contribution is -2.16. The van der Waals surface area contributed by atoms with Crippen LogP contribution >= 0.6 is 23.4 Å². The van der Waals surface area contributed by atoms with E-state index in [1.807, 2.05) is 50.9 Å². The second-order valence-corrected chi connectivity index (χ2v) is 10.5. The molecule has 35 heavy (non-hydrogen) atoms. The van der Waals surface area contributed by atoms with Gasteiger partial charge in [0.25, 0.3) is 0 Å². The molecule has 1 saturated carbocycles. The van der Waals surface area contributed by atoms with Crippen LogP contribution in [0.15, 0.2) is 57.4 Å². The largest absolute Gasteiger partial charge is 0.317 e. The van der Waals surface area contributed by atoms with E-state index >= 15 is 0 Å². The molecule has 1 aliphatic heterocycles. The normalized spacial score (nSPS) is 15.7. The molecule has 3 nitrogen and oxygen atoms in total. The maximum atomic E-state index is 6.04. The van der Waals surface area contributed by atoms with E-state index in [1.54, 1.807) is 0 Å². The minimum Gasteiger partial charge on any atom is -0.317 e. The van der Waals surface area contributed by atoms with Crippen molar-refractivity contribution in [2.24, 2.45) is 10.9 Å². The summed E-state index contributed by atoms with van der Waals surface area (Å²) in [6, 6.07) is 12.3. The van der Waals surface area contributed by atoms with Crippen molar-refractivity contribution < 1.29 is 0 Å². The lowest BCUT2D eigenvalue weighted by molar-refractivity contribution is 0.437. The van der Waals surface area contributed by atoms with Crippen molar-refractivity contribution in [3.63, 3.8) is 0 Å². The third kappa shape index (κ3) is 10.1. The molecule has 2 heterocycles. The third-order valence-corrected chi connectivity index (χ3v) is 7.37. The number of aliphatic imine (C=N–C) groups is 1. The number of hydrogen-bond donors (Lipinski definition) is 1. The van der Waals surface area contributed by atoms with E-state index in [0.717, 1.165) is 28.4 Å². The van der Waals surface area contributed by atoms with Crippen LogP contribution in [0.2, 0.25) is 5.02 Å². The summed E-state index contributed by atoms with van der Waals surface area (Å²) in [7, 11) is 0. The molecule has 192 valence electrons. The van der Waals surface area contributed by atoms with Crippen LogP contribution in [0.25, 0.3) is 5.70 Å². The average molecular weight is 514 g/mol. The Bertz CT molecular complexity index is 910. The number of pyridine rings is 1. The summed E-state index contributed by atoms with van der Waals surface area (Å²) in [5, 5.41) is 4.06. The van der Waals surface area contributed by atoms with Gasteiger partial charge in [-0.15, -0.1) is 0 Å². The number of hydrogen-bond acceptors (Lipinski definition) is 4. The van der Waals surface area contributed by atoms with Crippen LogP contribution < -0.4 is 5.32 Å². The predicted molar refractivity (Wildman–Crippen MR) is 157 cm³/mol. The molecule has 4 rings (SSSR count). The number of rotatable bonds is 8. The van der Waals surface area contributed by atoms with E-state index in [-0.39, 0.29) is 0 Å². The van der Waals surface area contributed by atoms with E-state index in [9.17, 15) is 0 Å². The first-order valence-corrected chi connectivity index (χ1v) is 14.7. The van der Waals surface area contributed by atoms with E-state index in [2.05, 4.69) is 48.4 Å². The average Bonchev–Trinajstić information content (AvgIpc) is 3.32. The van der Waals surface area contributed by atoms with E-state index < -0.39 is 0 Å². The van der Waals surface area contributed by atoms with Gasteiger partial charge in [0, 0.05) is 44.4 Å². The topological polar surface area (TPSA) is 37.3 Å². The van der Waals surface area contributed by atoms with Gasteiger partial charge in [-0.1, -0.05) is 70.3 Å². The van der Waals surface area contributed by atoms with E-state index in [4.69, 9.17) is 16.6 Å². The van der Waals surface area contributed by atoms with E-state index in [0.29, 0.717) is 5.92 Å². The summed E-state index contributed by atoms with van der Waals surface area (Å²) < 4.78 is 0. The van der Waals surface area contributed by atoms with Gasteiger partial charge < -0.3 is 5.32 Å². The van der Waals surface area contributed by atoms with Crippen molar-refractivity contribution in [1.82, 2.24) is 10.3 Å². The number of allylic oxidation sites excluding steroid dienone is 1. The Morgan fingerprint density at radius 3 is 2.17 bits per heavy atom. The summed E-state index contributed by atoms with van der Waals surface area (Å²) in [6.45, 7) is 12.7. The molecule has 0 atom stereocenters. The molecule has 0 unspecified atom stereocenters. The molecule has 0 bridgehead atoms. The quantitative estimate of drug-likeness (QED) is 0.357. The van der Waals surface area contributed by atoms with Crippen molar-refractivity contribution in [2.45, 2.75) is 90.9 Å². The highest BCUT2D eigenvalue weighted by atomic mass is 35.5. The van der Waals surface area contributed by atoms with Gasteiger partial charge in [0.2, 0.25) is 0 Å². The molecule has 0 spiro atoms. The molecule has 5 heteroatoms. The van der Waals surface area contributed by atoms with E-state index in [1.165, 1.54) is 73.5 Å². The smallest absolute Gasteiger partial charge is 0.0819 e. The van der Waals surface area contributed by atoms with Gasteiger partial charge in [0.05, 0.1) is 5.70 Å². The maximum Gasteiger partial charge on any atom is 0.0819 e. The number of nitrogens with zero attached hydrogens (tertiary/aromatic N) is 2. The molecule has 0 amide bonds. The van der Waals surface area contributed by atoms with Gasteiger partial charge >= 0.3 is 0 Å². The van der Waals surface area contributed by atoms with Crippen LogP contribution in [-0.2, 0) is 0 Å². The third-order valence-electron chi connectivity index (χ3n) is 6.03. The lowest BCUT2D eigenvalue weighted by atomic mass is 9.85. The van der Waals surface area contributed by atoms with Crippen LogP contribution in [0.4, 0.5) is 0 Å². The number of nitrogens with one attached hydrogen (secondary N) is 1. The first kappa shape index (κ1) is 29.6. The lowest BCUT2D eigenvalue weighted by Gasteiger charge is -2.21. The second kappa shape index (κ2) is 16.9. The zero-order chi connectivity index (χ0) is 25.5. The summed E-state index contributed by atoms with van der Waals surface area (Å²) in [6.07, 6.45) is 12.1. The first-order valence-electron chi connectivity index (χ1n) is 13.5. The molecule has 2 aromatic rings. The Hall–Kier alpha value is -1.62. The fourth-order valence-corrected chi connectivity index (χ4v) is 5.37. The monoisotopic (exact) mass is 513 g/mol. The molecule has 0 radical (unpaired) electrons.